The van der Waals surface area contributed by atoms with Gasteiger partial charge in [-0.1, -0.05) is 6.07 Å². The highest BCUT2D eigenvalue weighted by molar-refractivity contribution is 4.93. The Hall–Kier alpha value is -1.88. The second-order valence-electron chi connectivity index (χ2n) is 4.49. The molecule has 2 aromatic heterocycles. The maximum absolute atomic E-state index is 11.4. The second kappa shape index (κ2) is 7.53. The molecule has 0 aliphatic rings. The fraction of sp³-hybridized carbons (Fsp3) is 0.429. The molecule has 5 nitrogen and oxygen atoms in total. The van der Waals surface area contributed by atoms with Gasteiger partial charge in [0.1, 0.15) is 0 Å². The summed E-state index contributed by atoms with van der Waals surface area (Å²) in [6, 6.07) is 5.24. The number of unbranched alkanes of at least 4 members (excludes halogenated alkanes) is 1. The van der Waals surface area contributed by atoms with Crippen LogP contribution in [0.15, 0.2) is 47.9 Å². The van der Waals surface area contributed by atoms with Crippen molar-refractivity contribution < 1.29 is 0 Å². The van der Waals surface area contributed by atoms with Crippen molar-refractivity contribution in [1.29, 1.82) is 0 Å². The summed E-state index contributed by atoms with van der Waals surface area (Å²) in [6.45, 7) is 3.55. The molecule has 102 valence electrons. The van der Waals surface area contributed by atoms with Gasteiger partial charge in [0.15, 0.2) is 0 Å². The van der Waals surface area contributed by atoms with E-state index in [0.717, 1.165) is 39.0 Å². The van der Waals surface area contributed by atoms with Gasteiger partial charge < -0.3 is 14.5 Å². The zero-order valence-corrected chi connectivity index (χ0v) is 11.0. The molecule has 0 unspecified atom stereocenters. The average molecular weight is 260 g/mol. The molecule has 0 radical (unpaired) electrons. The lowest BCUT2D eigenvalue weighted by Crippen LogP contribution is -2.26. The summed E-state index contributed by atoms with van der Waals surface area (Å²) >= 11 is 0. The Labute approximate surface area is 112 Å². The number of nitrogens with zero attached hydrogens (tertiary/aromatic N) is 3. The lowest BCUT2D eigenvalue weighted by atomic mass is 10.3. The molecular weight excluding hydrogens is 240 g/mol. The van der Waals surface area contributed by atoms with Gasteiger partial charge in [0.05, 0.1) is 6.33 Å². The zero-order chi connectivity index (χ0) is 13.3. The third kappa shape index (κ3) is 4.71. The summed E-state index contributed by atoms with van der Waals surface area (Å²) in [6.07, 6.45) is 9.71. The van der Waals surface area contributed by atoms with Crippen LogP contribution in [-0.2, 0) is 13.1 Å². The Morgan fingerprint density at radius 2 is 2.05 bits per heavy atom. The van der Waals surface area contributed by atoms with Gasteiger partial charge >= 0.3 is 0 Å². The minimum Gasteiger partial charge on any atom is -0.337 e. The van der Waals surface area contributed by atoms with Gasteiger partial charge in [-0.3, -0.25) is 4.79 Å². The summed E-state index contributed by atoms with van der Waals surface area (Å²) < 4.78 is 3.81. The van der Waals surface area contributed by atoms with Gasteiger partial charge in [-0.25, -0.2) is 4.98 Å². The van der Waals surface area contributed by atoms with Crippen LogP contribution in [0.1, 0.15) is 12.8 Å². The van der Waals surface area contributed by atoms with E-state index < -0.39 is 0 Å². The number of hydrogen-bond acceptors (Lipinski definition) is 3. The molecule has 0 aliphatic heterocycles. The Morgan fingerprint density at radius 3 is 2.84 bits per heavy atom. The minimum absolute atomic E-state index is 0.0596. The molecule has 0 saturated carbocycles. The van der Waals surface area contributed by atoms with E-state index in [-0.39, 0.29) is 5.56 Å². The molecule has 0 saturated heterocycles. The average Bonchev–Trinajstić information content (AvgIpc) is 2.93. The van der Waals surface area contributed by atoms with Gasteiger partial charge in [0, 0.05) is 44.3 Å². The van der Waals surface area contributed by atoms with Crippen molar-refractivity contribution in [3.63, 3.8) is 0 Å². The SMILES string of the molecule is O=c1ccccn1CCNCCCCn1ccnc1. The maximum Gasteiger partial charge on any atom is 0.250 e. The molecule has 2 heterocycles. The van der Waals surface area contributed by atoms with Crippen molar-refractivity contribution >= 4 is 0 Å². The lowest BCUT2D eigenvalue weighted by molar-refractivity contribution is 0.540. The van der Waals surface area contributed by atoms with E-state index in [4.69, 9.17) is 0 Å². The summed E-state index contributed by atoms with van der Waals surface area (Å²) in [5, 5.41) is 3.36. The van der Waals surface area contributed by atoms with Crippen molar-refractivity contribution in [1.82, 2.24) is 19.4 Å². The van der Waals surface area contributed by atoms with Crippen LogP contribution in [0.3, 0.4) is 0 Å². The topological polar surface area (TPSA) is 51.9 Å². The van der Waals surface area contributed by atoms with Crippen molar-refractivity contribution in [2.24, 2.45) is 0 Å². The number of imidazole rings is 1. The van der Waals surface area contributed by atoms with Crippen LogP contribution in [0.4, 0.5) is 0 Å². The molecule has 0 spiro atoms. The Balaban J connectivity index is 1.53. The first kappa shape index (κ1) is 13.5. The zero-order valence-electron chi connectivity index (χ0n) is 11.0. The van der Waals surface area contributed by atoms with Gasteiger partial charge in [0.2, 0.25) is 0 Å². The van der Waals surface area contributed by atoms with E-state index in [1.54, 1.807) is 22.9 Å². The van der Waals surface area contributed by atoms with Gasteiger partial charge in [0.25, 0.3) is 5.56 Å². The summed E-state index contributed by atoms with van der Waals surface area (Å²) in [5.74, 6) is 0. The maximum atomic E-state index is 11.4. The molecule has 0 amide bonds. The molecule has 5 heteroatoms. The molecule has 0 bridgehead atoms. The molecule has 0 aromatic carbocycles. The van der Waals surface area contributed by atoms with E-state index in [2.05, 4.69) is 14.9 Å². The predicted octanol–water partition coefficient (Wildman–Crippen LogP) is 1.11. The molecule has 0 aliphatic carbocycles. The molecule has 2 rings (SSSR count). The third-order valence-electron chi connectivity index (χ3n) is 3.01. The highest BCUT2D eigenvalue weighted by Gasteiger charge is 1.94. The van der Waals surface area contributed by atoms with Crippen LogP contribution >= 0.6 is 0 Å². The minimum atomic E-state index is 0.0596. The van der Waals surface area contributed by atoms with E-state index in [9.17, 15) is 4.79 Å². The molecule has 19 heavy (non-hydrogen) atoms. The number of nitrogens with one attached hydrogen (secondary N) is 1. The largest absolute Gasteiger partial charge is 0.337 e. The van der Waals surface area contributed by atoms with Gasteiger partial charge in [-0.15, -0.1) is 0 Å². The van der Waals surface area contributed by atoms with Crippen LogP contribution < -0.4 is 10.9 Å². The number of rotatable bonds is 8. The van der Waals surface area contributed by atoms with E-state index >= 15 is 0 Å². The summed E-state index contributed by atoms with van der Waals surface area (Å²) in [7, 11) is 0. The second-order valence-corrected chi connectivity index (χ2v) is 4.49. The Bertz CT molecular complexity index is 518. The van der Waals surface area contributed by atoms with Crippen LogP contribution in [0.25, 0.3) is 0 Å². The fourth-order valence-electron chi connectivity index (χ4n) is 1.93. The standard InChI is InChI=1S/C14H20N4O/c19-14-5-1-3-10-18(14)12-8-15-6-2-4-9-17-11-7-16-13-17/h1,3,5,7,10-11,13,15H,2,4,6,8-9,12H2. The Kier molecular flexibility index (Phi) is 5.37. The number of hydrogen-bond donors (Lipinski definition) is 1. The van der Waals surface area contributed by atoms with E-state index in [1.807, 2.05) is 24.8 Å². The van der Waals surface area contributed by atoms with Gasteiger partial charge in [-0.2, -0.15) is 0 Å². The highest BCUT2D eigenvalue weighted by Crippen LogP contribution is 1.93. The molecule has 2 aromatic rings. The number of pyridine rings is 1. The third-order valence-corrected chi connectivity index (χ3v) is 3.01. The van der Waals surface area contributed by atoms with Crippen LogP contribution in [0.2, 0.25) is 0 Å². The van der Waals surface area contributed by atoms with Crippen LogP contribution in [-0.4, -0.2) is 27.2 Å². The van der Waals surface area contributed by atoms with Crippen LogP contribution in [0.5, 0.6) is 0 Å². The van der Waals surface area contributed by atoms with E-state index in [1.165, 1.54) is 0 Å². The van der Waals surface area contributed by atoms with Crippen LogP contribution in [0, 0.1) is 0 Å². The molecule has 0 fully saturated rings. The monoisotopic (exact) mass is 260 g/mol. The lowest BCUT2D eigenvalue weighted by Gasteiger charge is -2.07. The quantitative estimate of drug-likeness (QED) is 0.724. The highest BCUT2D eigenvalue weighted by atomic mass is 16.1. The first-order valence-electron chi connectivity index (χ1n) is 6.68. The van der Waals surface area contributed by atoms with Gasteiger partial charge in [-0.05, 0) is 25.5 Å². The normalized spacial score (nSPS) is 10.7. The molecular formula is C14H20N4O. The fourth-order valence-corrected chi connectivity index (χ4v) is 1.93. The smallest absolute Gasteiger partial charge is 0.250 e. The first-order chi connectivity index (χ1) is 9.36. The summed E-state index contributed by atoms with van der Waals surface area (Å²) in [5.41, 5.74) is 0.0596. The molecule has 0 atom stereocenters. The van der Waals surface area contributed by atoms with Crippen molar-refractivity contribution in [3.05, 3.63) is 53.5 Å². The van der Waals surface area contributed by atoms with Crippen molar-refractivity contribution in [2.45, 2.75) is 25.9 Å². The molecule has 1 N–H and O–H groups in total. The summed E-state index contributed by atoms with van der Waals surface area (Å²) in [4.78, 5) is 15.5. The Morgan fingerprint density at radius 1 is 1.11 bits per heavy atom. The van der Waals surface area contributed by atoms with Crippen molar-refractivity contribution in [3.8, 4) is 0 Å². The number of aromatic nitrogens is 3. The number of aryl methyl sites for hydroxylation is 1. The van der Waals surface area contributed by atoms with E-state index in [0.29, 0.717) is 0 Å². The first-order valence-corrected chi connectivity index (χ1v) is 6.68. The predicted molar refractivity (Wildman–Crippen MR) is 75.0 cm³/mol. The van der Waals surface area contributed by atoms with Crippen molar-refractivity contribution in [2.75, 3.05) is 13.1 Å².